The summed E-state index contributed by atoms with van der Waals surface area (Å²) < 4.78 is 0. The molecule has 0 aromatic heterocycles. The van der Waals surface area contributed by atoms with Crippen molar-refractivity contribution in [1.82, 2.24) is 5.01 Å². The van der Waals surface area contributed by atoms with Crippen LogP contribution in [0.1, 0.15) is 38.7 Å². The van der Waals surface area contributed by atoms with E-state index < -0.39 is 0 Å². The normalized spacial score (nSPS) is 23.9. The molecule has 1 aliphatic rings. The Hall–Kier alpha value is -1.51. The van der Waals surface area contributed by atoms with Crippen LogP contribution in [-0.4, -0.2) is 37.4 Å². The molecule has 0 N–H and O–H groups in total. The molecule has 2 atom stereocenters. The fourth-order valence-electron chi connectivity index (χ4n) is 2.63. The van der Waals surface area contributed by atoms with Crippen molar-refractivity contribution < 1.29 is 0 Å². The van der Waals surface area contributed by atoms with Crippen molar-refractivity contribution in [2.24, 2.45) is 5.10 Å². The van der Waals surface area contributed by atoms with E-state index >= 15 is 0 Å². The number of piperidine rings is 1. The molecule has 1 saturated heterocycles. The molecule has 1 aromatic carbocycles. The van der Waals surface area contributed by atoms with Crippen molar-refractivity contribution in [3.05, 3.63) is 29.8 Å². The van der Waals surface area contributed by atoms with Gasteiger partial charge in [-0.25, -0.2) is 0 Å². The molecule has 104 valence electrons. The van der Waals surface area contributed by atoms with Gasteiger partial charge in [-0.15, -0.1) is 0 Å². The Labute approximate surface area is 116 Å². The lowest BCUT2D eigenvalue weighted by Crippen LogP contribution is -2.39. The largest absolute Gasteiger partial charge is 0.378 e. The number of anilines is 1. The molecule has 0 radical (unpaired) electrons. The predicted molar refractivity (Wildman–Crippen MR) is 83.0 cm³/mol. The summed E-state index contributed by atoms with van der Waals surface area (Å²) in [6, 6.07) is 9.62. The van der Waals surface area contributed by atoms with E-state index in [2.05, 4.69) is 67.2 Å². The van der Waals surface area contributed by atoms with Crippen LogP contribution in [0.2, 0.25) is 0 Å². The maximum atomic E-state index is 4.68. The second kappa shape index (κ2) is 6.09. The second-order valence-electron chi connectivity index (χ2n) is 5.74. The minimum atomic E-state index is 0.557. The quantitative estimate of drug-likeness (QED) is 0.775. The SMILES string of the molecule is C[C@@H]1CCC[C@H](C)N1/N=C\c1ccc(N(C)C)cc1. The van der Waals surface area contributed by atoms with Crippen LogP contribution in [0, 0.1) is 0 Å². The molecule has 3 nitrogen and oxygen atoms in total. The van der Waals surface area contributed by atoms with E-state index in [1.165, 1.54) is 24.9 Å². The molecule has 3 heteroatoms. The smallest absolute Gasteiger partial charge is 0.0543 e. The molecule has 1 fully saturated rings. The van der Waals surface area contributed by atoms with Gasteiger partial charge in [-0.1, -0.05) is 12.1 Å². The summed E-state index contributed by atoms with van der Waals surface area (Å²) in [6.07, 6.45) is 5.81. The summed E-state index contributed by atoms with van der Waals surface area (Å²) in [4.78, 5) is 2.11. The fraction of sp³-hybridized carbons (Fsp3) is 0.562. The summed E-state index contributed by atoms with van der Waals surface area (Å²) in [5, 5.41) is 6.94. The highest BCUT2D eigenvalue weighted by atomic mass is 15.5. The molecule has 0 unspecified atom stereocenters. The van der Waals surface area contributed by atoms with Crippen LogP contribution in [0.25, 0.3) is 0 Å². The number of benzene rings is 1. The summed E-state index contributed by atoms with van der Waals surface area (Å²) >= 11 is 0. The second-order valence-corrected chi connectivity index (χ2v) is 5.74. The Balaban J connectivity index is 2.05. The van der Waals surface area contributed by atoms with Crippen molar-refractivity contribution in [1.29, 1.82) is 0 Å². The van der Waals surface area contributed by atoms with Crippen LogP contribution in [0.3, 0.4) is 0 Å². The van der Waals surface area contributed by atoms with E-state index in [1.54, 1.807) is 0 Å². The lowest BCUT2D eigenvalue weighted by Gasteiger charge is -2.36. The first-order valence-corrected chi connectivity index (χ1v) is 7.17. The molecular formula is C16H25N3. The third-order valence-electron chi connectivity index (χ3n) is 3.90. The zero-order chi connectivity index (χ0) is 13.8. The highest BCUT2D eigenvalue weighted by Crippen LogP contribution is 2.22. The Morgan fingerprint density at radius 3 is 2.21 bits per heavy atom. The number of nitrogens with zero attached hydrogens (tertiary/aromatic N) is 3. The van der Waals surface area contributed by atoms with Gasteiger partial charge in [0.05, 0.1) is 6.21 Å². The Morgan fingerprint density at radius 2 is 1.68 bits per heavy atom. The van der Waals surface area contributed by atoms with Crippen molar-refractivity contribution in [2.45, 2.75) is 45.2 Å². The number of hydrazone groups is 1. The van der Waals surface area contributed by atoms with E-state index in [0.717, 1.165) is 5.56 Å². The van der Waals surface area contributed by atoms with Gasteiger partial charge >= 0.3 is 0 Å². The van der Waals surface area contributed by atoms with Crippen LogP contribution in [-0.2, 0) is 0 Å². The summed E-state index contributed by atoms with van der Waals surface area (Å²) in [5.74, 6) is 0. The van der Waals surface area contributed by atoms with Gasteiger partial charge in [0.1, 0.15) is 0 Å². The van der Waals surface area contributed by atoms with Gasteiger partial charge in [-0.05, 0) is 50.8 Å². The maximum Gasteiger partial charge on any atom is 0.0543 e. The van der Waals surface area contributed by atoms with Gasteiger partial charge in [0.25, 0.3) is 0 Å². The Morgan fingerprint density at radius 1 is 1.11 bits per heavy atom. The topological polar surface area (TPSA) is 18.8 Å². The first-order chi connectivity index (χ1) is 9.08. The van der Waals surface area contributed by atoms with Crippen molar-refractivity contribution in [2.75, 3.05) is 19.0 Å². The molecule has 19 heavy (non-hydrogen) atoms. The average Bonchev–Trinajstić information content (AvgIpc) is 2.38. The predicted octanol–water partition coefficient (Wildman–Crippen LogP) is 3.35. The molecule has 0 spiro atoms. The van der Waals surface area contributed by atoms with E-state index in [9.17, 15) is 0 Å². The first kappa shape index (κ1) is 13.9. The third-order valence-corrected chi connectivity index (χ3v) is 3.90. The van der Waals surface area contributed by atoms with E-state index in [0.29, 0.717) is 12.1 Å². The highest BCUT2D eigenvalue weighted by molar-refractivity contribution is 5.80. The van der Waals surface area contributed by atoms with E-state index in [4.69, 9.17) is 0 Å². The number of hydrogen-bond acceptors (Lipinski definition) is 3. The van der Waals surface area contributed by atoms with Crippen LogP contribution in [0.5, 0.6) is 0 Å². The van der Waals surface area contributed by atoms with Crippen LogP contribution in [0.4, 0.5) is 5.69 Å². The standard InChI is InChI=1S/C16H25N3/c1-13-6-5-7-14(2)19(13)17-12-15-8-10-16(11-9-15)18(3)4/h8-14H,5-7H2,1-4H3/b17-12-/t13-,14+. The fourth-order valence-corrected chi connectivity index (χ4v) is 2.63. The van der Waals surface area contributed by atoms with Crippen LogP contribution in [0.15, 0.2) is 29.4 Å². The van der Waals surface area contributed by atoms with Crippen LogP contribution >= 0.6 is 0 Å². The van der Waals surface area contributed by atoms with Gasteiger partial charge in [0, 0.05) is 31.9 Å². The van der Waals surface area contributed by atoms with Gasteiger partial charge in [-0.3, -0.25) is 5.01 Å². The zero-order valence-corrected chi connectivity index (χ0v) is 12.5. The van der Waals surface area contributed by atoms with Gasteiger partial charge in [0.15, 0.2) is 0 Å². The zero-order valence-electron chi connectivity index (χ0n) is 12.5. The monoisotopic (exact) mass is 259 g/mol. The third kappa shape index (κ3) is 3.49. The number of hydrogen-bond donors (Lipinski definition) is 0. The van der Waals surface area contributed by atoms with Crippen molar-refractivity contribution in [3.63, 3.8) is 0 Å². The first-order valence-electron chi connectivity index (χ1n) is 7.17. The average molecular weight is 259 g/mol. The minimum Gasteiger partial charge on any atom is -0.378 e. The lowest BCUT2D eigenvalue weighted by molar-refractivity contribution is 0.109. The van der Waals surface area contributed by atoms with Gasteiger partial charge in [-0.2, -0.15) is 5.10 Å². The molecule has 0 bridgehead atoms. The Kier molecular flexibility index (Phi) is 4.46. The summed E-state index contributed by atoms with van der Waals surface area (Å²) in [6.45, 7) is 4.53. The maximum absolute atomic E-state index is 4.68. The lowest BCUT2D eigenvalue weighted by atomic mass is 10.00. The molecule has 1 heterocycles. The Bertz CT molecular complexity index is 412. The number of rotatable bonds is 3. The molecule has 2 rings (SSSR count). The summed E-state index contributed by atoms with van der Waals surface area (Å²) in [7, 11) is 4.11. The molecular weight excluding hydrogens is 234 g/mol. The minimum absolute atomic E-state index is 0.557. The van der Waals surface area contributed by atoms with Gasteiger partial charge < -0.3 is 4.90 Å². The molecule has 0 amide bonds. The molecule has 0 saturated carbocycles. The van der Waals surface area contributed by atoms with E-state index in [-0.39, 0.29) is 0 Å². The van der Waals surface area contributed by atoms with Crippen molar-refractivity contribution >= 4 is 11.9 Å². The van der Waals surface area contributed by atoms with E-state index in [1.807, 2.05) is 6.21 Å². The molecule has 1 aromatic rings. The van der Waals surface area contributed by atoms with Crippen molar-refractivity contribution in [3.8, 4) is 0 Å². The highest BCUT2D eigenvalue weighted by Gasteiger charge is 2.22. The van der Waals surface area contributed by atoms with Crippen LogP contribution < -0.4 is 4.90 Å². The van der Waals surface area contributed by atoms with Gasteiger partial charge in [0.2, 0.25) is 0 Å². The summed E-state index contributed by atoms with van der Waals surface area (Å²) in [5.41, 5.74) is 2.38. The molecule has 1 aliphatic heterocycles. The molecule has 0 aliphatic carbocycles.